The van der Waals surface area contributed by atoms with Crippen molar-refractivity contribution in [2.45, 2.75) is 52.5 Å². The average Bonchev–Trinajstić information content (AvgIpc) is 2.77. The molecule has 0 radical (unpaired) electrons. The van der Waals surface area contributed by atoms with E-state index in [1.165, 1.54) is 32.2 Å². The van der Waals surface area contributed by atoms with Gasteiger partial charge >= 0.3 is 0 Å². The van der Waals surface area contributed by atoms with Gasteiger partial charge in [0.15, 0.2) is 0 Å². The van der Waals surface area contributed by atoms with Crippen LogP contribution in [0.15, 0.2) is 0 Å². The fourth-order valence-corrected chi connectivity index (χ4v) is 3.90. The van der Waals surface area contributed by atoms with Gasteiger partial charge in [0.25, 0.3) is 0 Å². The summed E-state index contributed by atoms with van der Waals surface area (Å²) in [5.74, 6) is 3.09. The summed E-state index contributed by atoms with van der Waals surface area (Å²) in [4.78, 5) is 2.52. The van der Waals surface area contributed by atoms with Crippen molar-refractivity contribution in [1.29, 1.82) is 0 Å². The Balaban J connectivity index is 1.80. The van der Waals surface area contributed by atoms with Crippen molar-refractivity contribution in [3.05, 3.63) is 0 Å². The van der Waals surface area contributed by atoms with E-state index in [-0.39, 0.29) is 11.5 Å². The first-order valence-electron chi connectivity index (χ1n) is 7.32. The molecule has 2 fully saturated rings. The highest BCUT2D eigenvalue weighted by molar-refractivity contribution is 4.91. The molecule has 2 heteroatoms. The number of nitrogens with zero attached hydrogens (tertiary/aromatic N) is 1. The predicted molar refractivity (Wildman–Crippen MR) is 73.9 cm³/mol. The second-order valence-electron chi connectivity index (χ2n) is 7.41. The Morgan fingerprint density at radius 3 is 2.47 bits per heavy atom. The van der Waals surface area contributed by atoms with Crippen molar-refractivity contribution in [2.75, 3.05) is 20.1 Å². The molecule has 4 unspecified atom stereocenters. The maximum atomic E-state index is 6.06. The highest BCUT2D eigenvalue weighted by Crippen LogP contribution is 2.48. The third-order valence-corrected chi connectivity index (χ3v) is 5.34. The molecule has 2 aliphatic carbocycles. The first-order chi connectivity index (χ1) is 7.88. The molecule has 2 bridgehead atoms. The summed E-state index contributed by atoms with van der Waals surface area (Å²) in [6, 6.07) is 0.268. The van der Waals surface area contributed by atoms with Crippen molar-refractivity contribution in [1.82, 2.24) is 4.90 Å². The Kier molecular flexibility index (Phi) is 3.84. The highest BCUT2D eigenvalue weighted by atomic mass is 15.1. The van der Waals surface area contributed by atoms with Gasteiger partial charge in [0.1, 0.15) is 0 Å². The minimum absolute atomic E-state index is 0.229. The van der Waals surface area contributed by atoms with Crippen LogP contribution in [0.25, 0.3) is 0 Å². The number of hydrogen-bond donors (Lipinski definition) is 1. The Morgan fingerprint density at radius 1 is 1.29 bits per heavy atom. The van der Waals surface area contributed by atoms with Crippen molar-refractivity contribution >= 4 is 0 Å². The maximum absolute atomic E-state index is 6.06. The molecule has 0 aromatic rings. The molecule has 2 nitrogen and oxygen atoms in total. The third kappa shape index (κ3) is 3.03. The van der Waals surface area contributed by atoms with Gasteiger partial charge in [-0.3, -0.25) is 0 Å². The van der Waals surface area contributed by atoms with Gasteiger partial charge in [-0.05, 0) is 56.4 Å². The fraction of sp³-hybridized carbons (Fsp3) is 1.00. The Morgan fingerprint density at radius 2 is 2.00 bits per heavy atom. The minimum Gasteiger partial charge on any atom is -0.327 e. The van der Waals surface area contributed by atoms with E-state index in [9.17, 15) is 0 Å². The van der Waals surface area contributed by atoms with Crippen LogP contribution >= 0.6 is 0 Å². The van der Waals surface area contributed by atoms with Crippen LogP contribution in [0.3, 0.4) is 0 Å². The smallest absolute Gasteiger partial charge is 0.00739 e. The van der Waals surface area contributed by atoms with E-state index in [4.69, 9.17) is 5.73 Å². The van der Waals surface area contributed by atoms with E-state index in [1.807, 2.05) is 0 Å². The highest BCUT2D eigenvalue weighted by Gasteiger charge is 2.40. The SMILES string of the molecule is CC(N)C(C)(C)CN(C)CC1CC2CCC1C2. The van der Waals surface area contributed by atoms with Crippen LogP contribution in [0.5, 0.6) is 0 Å². The van der Waals surface area contributed by atoms with Gasteiger partial charge in [-0.15, -0.1) is 0 Å². The molecule has 0 spiro atoms. The zero-order chi connectivity index (χ0) is 12.6. The molecule has 0 aliphatic heterocycles. The largest absolute Gasteiger partial charge is 0.327 e. The van der Waals surface area contributed by atoms with Gasteiger partial charge < -0.3 is 10.6 Å². The molecule has 0 aromatic carbocycles. The molecule has 0 amide bonds. The van der Waals surface area contributed by atoms with Gasteiger partial charge in [-0.2, -0.15) is 0 Å². The van der Waals surface area contributed by atoms with E-state index < -0.39 is 0 Å². The molecular formula is C15H30N2. The number of fused-ring (bicyclic) bond motifs is 2. The molecule has 2 N–H and O–H groups in total. The molecule has 2 aliphatic rings. The summed E-state index contributed by atoms with van der Waals surface area (Å²) in [5, 5.41) is 0. The molecule has 2 rings (SSSR count). The molecule has 17 heavy (non-hydrogen) atoms. The maximum Gasteiger partial charge on any atom is 0.00739 e. The second kappa shape index (κ2) is 4.89. The van der Waals surface area contributed by atoms with Gasteiger partial charge in [0.2, 0.25) is 0 Å². The van der Waals surface area contributed by atoms with Crippen LogP contribution in [0.1, 0.15) is 46.5 Å². The standard InChI is InChI=1S/C15H30N2/c1-11(16)15(2,3)10-17(4)9-14-8-12-5-6-13(14)7-12/h11-14H,5-10,16H2,1-4H3. The lowest BCUT2D eigenvalue weighted by atomic mass is 9.84. The summed E-state index contributed by atoms with van der Waals surface area (Å²) in [6.45, 7) is 9.12. The lowest BCUT2D eigenvalue weighted by Gasteiger charge is -2.36. The number of hydrogen-bond acceptors (Lipinski definition) is 2. The monoisotopic (exact) mass is 238 g/mol. The Bertz CT molecular complexity index is 260. The lowest BCUT2D eigenvalue weighted by molar-refractivity contribution is 0.147. The Labute approximate surface area is 107 Å². The minimum atomic E-state index is 0.229. The fourth-order valence-electron chi connectivity index (χ4n) is 3.90. The van der Waals surface area contributed by atoms with Crippen LogP contribution in [0.2, 0.25) is 0 Å². The van der Waals surface area contributed by atoms with E-state index in [1.54, 1.807) is 0 Å². The summed E-state index contributed by atoms with van der Waals surface area (Å²) < 4.78 is 0. The number of rotatable bonds is 5. The van der Waals surface area contributed by atoms with Crippen molar-refractivity contribution in [3.8, 4) is 0 Å². The van der Waals surface area contributed by atoms with E-state index in [2.05, 4.69) is 32.7 Å². The topological polar surface area (TPSA) is 29.3 Å². The summed E-state index contributed by atoms with van der Waals surface area (Å²) in [7, 11) is 2.27. The third-order valence-electron chi connectivity index (χ3n) is 5.34. The number of nitrogens with two attached hydrogens (primary N) is 1. The lowest BCUT2D eigenvalue weighted by Crippen LogP contribution is -2.44. The summed E-state index contributed by atoms with van der Waals surface area (Å²) >= 11 is 0. The van der Waals surface area contributed by atoms with Crippen LogP contribution in [-0.4, -0.2) is 31.1 Å². The molecule has 0 saturated heterocycles. The Hall–Kier alpha value is -0.0800. The molecule has 0 aromatic heterocycles. The molecule has 0 heterocycles. The first kappa shape index (κ1) is 13.4. The van der Waals surface area contributed by atoms with Crippen molar-refractivity contribution < 1.29 is 0 Å². The van der Waals surface area contributed by atoms with Crippen LogP contribution in [0, 0.1) is 23.2 Å². The summed E-state index contributed by atoms with van der Waals surface area (Å²) in [6.07, 6.45) is 6.03. The van der Waals surface area contributed by atoms with E-state index >= 15 is 0 Å². The predicted octanol–water partition coefficient (Wildman–Crippen LogP) is 2.73. The molecule has 100 valence electrons. The zero-order valence-electron chi connectivity index (χ0n) is 12.1. The second-order valence-corrected chi connectivity index (χ2v) is 7.41. The van der Waals surface area contributed by atoms with E-state index in [0.717, 1.165) is 24.3 Å². The van der Waals surface area contributed by atoms with Crippen molar-refractivity contribution in [2.24, 2.45) is 28.9 Å². The van der Waals surface area contributed by atoms with Crippen molar-refractivity contribution in [3.63, 3.8) is 0 Å². The van der Waals surface area contributed by atoms with Crippen LogP contribution in [0.4, 0.5) is 0 Å². The van der Waals surface area contributed by atoms with Gasteiger partial charge in [-0.25, -0.2) is 0 Å². The van der Waals surface area contributed by atoms with Gasteiger partial charge in [0.05, 0.1) is 0 Å². The molecule has 4 atom stereocenters. The van der Waals surface area contributed by atoms with Gasteiger partial charge in [-0.1, -0.05) is 20.3 Å². The quantitative estimate of drug-likeness (QED) is 0.798. The summed E-state index contributed by atoms with van der Waals surface area (Å²) in [5.41, 5.74) is 6.29. The first-order valence-corrected chi connectivity index (χ1v) is 7.32. The van der Waals surface area contributed by atoms with Crippen LogP contribution < -0.4 is 5.73 Å². The molecule has 2 saturated carbocycles. The normalized spacial score (nSPS) is 34.6. The van der Waals surface area contributed by atoms with Gasteiger partial charge in [0, 0.05) is 19.1 Å². The van der Waals surface area contributed by atoms with E-state index in [0.29, 0.717) is 0 Å². The molecular weight excluding hydrogens is 208 g/mol. The average molecular weight is 238 g/mol. The zero-order valence-corrected chi connectivity index (χ0v) is 12.1. The van der Waals surface area contributed by atoms with Crippen LogP contribution in [-0.2, 0) is 0 Å².